The summed E-state index contributed by atoms with van der Waals surface area (Å²) in [4.78, 5) is 0. The van der Waals surface area contributed by atoms with Crippen LogP contribution in [0.25, 0.3) is 17.1 Å². The molecule has 0 aliphatic heterocycles. The largest absolute Gasteiger partial charge is 0.399 e. The van der Waals surface area contributed by atoms with Crippen LogP contribution in [0.2, 0.25) is 0 Å². The maximum Gasteiger partial charge on any atom is 0.189 e. The van der Waals surface area contributed by atoms with Crippen LogP contribution in [0.1, 0.15) is 5.56 Å². The maximum absolute atomic E-state index is 6.02. The number of anilines is 2. The zero-order valence-electron chi connectivity index (χ0n) is 11.3. The zero-order chi connectivity index (χ0) is 15.0. The first-order valence-electron chi connectivity index (χ1n) is 6.26. The second-order valence-corrected chi connectivity index (χ2v) is 5.57. The minimum atomic E-state index is 0.536. The summed E-state index contributed by atoms with van der Waals surface area (Å²) in [5.41, 5.74) is 15.6. The molecule has 0 saturated carbocycles. The standard InChI is InChI=1S/C14H13BrN6/c1-8-2-5-13(11(15)6-8)21-14(18-19-20-21)10-4-3-9(16)7-12(10)17/h2-7H,16-17H2,1H3. The highest BCUT2D eigenvalue weighted by atomic mass is 79.9. The van der Waals surface area contributed by atoms with Crippen molar-refractivity contribution in [2.75, 3.05) is 11.5 Å². The summed E-state index contributed by atoms with van der Waals surface area (Å²) in [5, 5.41) is 11.9. The van der Waals surface area contributed by atoms with Crippen LogP contribution in [-0.2, 0) is 0 Å². The van der Waals surface area contributed by atoms with Gasteiger partial charge in [0.15, 0.2) is 5.82 Å². The van der Waals surface area contributed by atoms with Crippen LogP contribution in [0.4, 0.5) is 11.4 Å². The fourth-order valence-electron chi connectivity index (χ4n) is 2.09. The van der Waals surface area contributed by atoms with Crippen molar-refractivity contribution in [3.05, 3.63) is 46.4 Å². The third-order valence-corrected chi connectivity index (χ3v) is 3.75. The molecule has 2 aromatic carbocycles. The molecule has 0 fully saturated rings. The Kier molecular flexibility index (Phi) is 3.34. The van der Waals surface area contributed by atoms with Crippen molar-refractivity contribution < 1.29 is 0 Å². The zero-order valence-corrected chi connectivity index (χ0v) is 12.9. The molecule has 0 radical (unpaired) electrons. The average molecular weight is 345 g/mol. The van der Waals surface area contributed by atoms with E-state index >= 15 is 0 Å². The van der Waals surface area contributed by atoms with Gasteiger partial charge in [0.25, 0.3) is 0 Å². The molecule has 0 unspecified atom stereocenters. The predicted molar refractivity (Wildman–Crippen MR) is 85.9 cm³/mol. The number of aryl methyl sites for hydroxylation is 1. The second-order valence-electron chi connectivity index (χ2n) is 4.72. The Bertz CT molecular complexity index is 745. The van der Waals surface area contributed by atoms with Gasteiger partial charge in [-0.05, 0) is 69.2 Å². The molecule has 0 saturated heterocycles. The molecule has 106 valence electrons. The summed E-state index contributed by atoms with van der Waals surface area (Å²) in [5.74, 6) is 0.567. The van der Waals surface area contributed by atoms with Gasteiger partial charge in [0.05, 0.1) is 5.69 Å². The molecule has 1 aromatic heterocycles. The van der Waals surface area contributed by atoms with Gasteiger partial charge in [-0.2, -0.15) is 4.68 Å². The van der Waals surface area contributed by atoms with Gasteiger partial charge in [-0.15, -0.1) is 5.10 Å². The minimum Gasteiger partial charge on any atom is -0.399 e. The Labute approximate surface area is 129 Å². The van der Waals surface area contributed by atoms with E-state index in [4.69, 9.17) is 11.5 Å². The van der Waals surface area contributed by atoms with Crippen LogP contribution in [0.5, 0.6) is 0 Å². The third kappa shape index (κ3) is 2.47. The summed E-state index contributed by atoms with van der Waals surface area (Å²) in [6.07, 6.45) is 0. The highest BCUT2D eigenvalue weighted by Gasteiger charge is 2.15. The van der Waals surface area contributed by atoms with Crippen molar-refractivity contribution in [3.8, 4) is 17.1 Å². The van der Waals surface area contributed by atoms with Crippen molar-refractivity contribution in [2.24, 2.45) is 0 Å². The molecule has 6 nitrogen and oxygen atoms in total. The number of halogens is 1. The number of tetrazole rings is 1. The number of nitrogens with zero attached hydrogens (tertiary/aromatic N) is 4. The van der Waals surface area contributed by atoms with E-state index in [1.165, 1.54) is 0 Å². The number of rotatable bonds is 2. The van der Waals surface area contributed by atoms with Crippen molar-refractivity contribution in [2.45, 2.75) is 6.92 Å². The monoisotopic (exact) mass is 344 g/mol. The summed E-state index contributed by atoms with van der Waals surface area (Å²) >= 11 is 3.54. The smallest absolute Gasteiger partial charge is 0.189 e. The quantitative estimate of drug-likeness (QED) is 0.696. The van der Waals surface area contributed by atoms with E-state index in [-0.39, 0.29) is 0 Å². The highest BCUT2D eigenvalue weighted by molar-refractivity contribution is 9.10. The molecule has 0 amide bonds. The van der Waals surface area contributed by atoms with Gasteiger partial charge in [-0.25, -0.2) is 0 Å². The first kappa shape index (κ1) is 13.6. The molecule has 0 atom stereocenters. The van der Waals surface area contributed by atoms with Crippen molar-refractivity contribution in [1.29, 1.82) is 0 Å². The van der Waals surface area contributed by atoms with Crippen molar-refractivity contribution in [1.82, 2.24) is 20.2 Å². The molecule has 0 aliphatic carbocycles. The van der Waals surface area contributed by atoms with E-state index in [0.717, 1.165) is 21.3 Å². The third-order valence-electron chi connectivity index (χ3n) is 3.12. The Morgan fingerprint density at radius 3 is 2.62 bits per heavy atom. The lowest BCUT2D eigenvalue weighted by atomic mass is 10.1. The fourth-order valence-corrected chi connectivity index (χ4v) is 2.75. The Morgan fingerprint density at radius 2 is 1.90 bits per heavy atom. The second kappa shape index (κ2) is 5.17. The molecule has 0 aliphatic rings. The molecule has 3 aromatic rings. The average Bonchev–Trinajstić information content (AvgIpc) is 2.87. The van der Waals surface area contributed by atoms with Gasteiger partial charge in [-0.3, -0.25) is 0 Å². The molecule has 1 heterocycles. The summed E-state index contributed by atoms with van der Waals surface area (Å²) in [6.45, 7) is 2.02. The lowest BCUT2D eigenvalue weighted by Crippen LogP contribution is -2.03. The van der Waals surface area contributed by atoms with E-state index in [9.17, 15) is 0 Å². The molecular weight excluding hydrogens is 332 g/mol. The fraction of sp³-hybridized carbons (Fsp3) is 0.0714. The number of benzene rings is 2. The van der Waals surface area contributed by atoms with Crippen LogP contribution in [-0.4, -0.2) is 20.2 Å². The molecule has 0 bridgehead atoms. The number of aromatic nitrogens is 4. The Balaban J connectivity index is 2.17. The highest BCUT2D eigenvalue weighted by Crippen LogP contribution is 2.29. The Hall–Kier alpha value is -2.41. The predicted octanol–water partition coefficient (Wildman–Crippen LogP) is 2.56. The molecule has 0 spiro atoms. The number of hydrogen-bond acceptors (Lipinski definition) is 5. The van der Waals surface area contributed by atoms with Gasteiger partial charge in [0.1, 0.15) is 0 Å². The molecule has 7 heteroatoms. The van der Waals surface area contributed by atoms with Gasteiger partial charge in [0.2, 0.25) is 0 Å². The van der Waals surface area contributed by atoms with E-state index in [1.54, 1.807) is 16.8 Å². The Morgan fingerprint density at radius 1 is 1.10 bits per heavy atom. The lowest BCUT2D eigenvalue weighted by molar-refractivity contribution is 0.788. The van der Waals surface area contributed by atoms with E-state index < -0.39 is 0 Å². The van der Waals surface area contributed by atoms with Crippen LogP contribution in [0.15, 0.2) is 40.9 Å². The topological polar surface area (TPSA) is 95.6 Å². The van der Waals surface area contributed by atoms with Crippen LogP contribution < -0.4 is 11.5 Å². The minimum absolute atomic E-state index is 0.536. The summed E-state index contributed by atoms with van der Waals surface area (Å²) in [6, 6.07) is 11.2. The van der Waals surface area contributed by atoms with Crippen LogP contribution in [0, 0.1) is 6.92 Å². The number of nitrogens with two attached hydrogens (primary N) is 2. The number of hydrogen-bond donors (Lipinski definition) is 2. The normalized spacial score (nSPS) is 10.8. The molecule has 21 heavy (non-hydrogen) atoms. The van der Waals surface area contributed by atoms with Crippen LogP contribution in [0.3, 0.4) is 0 Å². The van der Waals surface area contributed by atoms with E-state index in [2.05, 4.69) is 31.5 Å². The molecular formula is C14H13BrN6. The van der Waals surface area contributed by atoms with Gasteiger partial charge >= 0.3 is 0 Å². The lowest BCUT2D eigenvalue weighted by Gasteiger charge is -2.09. The maximum atomic E-state index is 6.02. The van der Waals surface area contributed by atoms with Crippen molar-refractivity contribution >= 4 is 27.3 Å². The van der Waals surface area contributed by atoms with Gasteiger partial charge in [-0.1, -0.05) is 6.07 Å². The number of nitrogen functional groups attached to an aromatic ring is 2. The molecule has 3 rings (SSSR count). The SMILES string of the molecule is Cc1ccc(-n2nnnc2-c2ccc(N)cc2N)c(Br)c1. The van der Waals surface area contributed by atoms with Crippen LogP contribution >= 0.6 is 15.9 Å². The van der Waals surface area contributed by atoms with Gasteiger partial charge in [0, 0.05) is 21.4 Å². The van der Waals surface area contributed by atoms with Gasteiger partial charge < -0.3 is 11.5 Å². The first-order valence-corrected chi connectivity index (χ1v) is 7.06. The summed E-state index contributed by atoms with van der Waals surface area (Å²) in [7, 11) is 0. The summed E-state index contributed by atoms with van der Waals surface area (Å²) < 4.78 is 2.55. The van der Waals surface area contributed by atoms with E-state index in [0.29, 0.717) is 17.2 Å². The van der Waals surface area contributed by atoms with Crippen molar-refractivity contribution in [3.63, 3.8) is 0 Å². The molecule has 4 N–H and O–H groups in total. The van der Waals surface area contributed by atoms with E-state index in [1.807, 2.05) is 31.2 Å². The first-order chi connectivity index (χ1) is 10.1.